The highest BCUT2D eigenvalue weighted by atomic mass is 15.0. The molecule has 3 aromatic carbocycles. The molecule has 0 saturated carbocycles. The Hall–Kier alpha value is -3.85. The molecule has 5 rings (SSSR count). The van der Waals surface area contributed by atoms with Crippen LogP contribution in [0.15, 0.2) is 103 Å². The van der Waals surface area contributed by atoms with Gasteiger partial charge < -0.3 is 0 Å². The van der Waals surface area contributed by atoms with E-state index in [1.54, 1.807) is 0 Å². The maximum atomic E-state index is 4.85. The summed E-state index contributed by atoms with van der Waals surface area (Å²) in [6.07, 6.45) is 7.60. The lowest BCUT2D eigenvalue weighted by Gasteiger charge is -2.17. The molecule has 0 N–H and O–H groups in total. The fourth-order valence-corrected chi connectivity index (χ4v) is 3.97. The number of hydrogen-bond donors (Lipinski definition) is 0. The van der Waals surface area contributed by atoms with Gasteiger partial charge in [0.25, 0.3) is 0 Å². The van der Waals surface area contributed by atoms with Gasteiger partial charge in [0.15, 0.2) is 11.6 Å². The smallest absolute Gasteiger partial charge is 0.163 e. The van der Waals surface area contributed by atoms with E-state index in [1.807, 2.05) is 13.0 Å². The maximum absolute atomic E-state index is 4.85. The fourth-order valence-electron chi connectivity index (χ4n) is 3.97. The zero-order valence-corrected chi connectivity index (χ0v) is 17.4. The summed E-state index contributed by atoms with van der Waals surface area (Å²) in [5.74, 6) is 2.49. The van der Waals surface area contributed by atoms with Crippen molar-refractivity contribution in [2.24, 2.45) is 0 Å². The Balaban J connectivity index is 1.52. The van der Waals surface area contributed by atoms with Crippen LogP contribution in [-0.4, -0.2) is 15.0 Å². The minimum absolute atomic E-state index is 0.336. The van der Waals surface area contributed by atoms with E-state index in [0.29, 0.717) is 11.7 Å². The summed E-state index contributed by atoms with van der Waals surface area (Å²) in [5.41, 5.74) is 5.68. The van der Waals surface area contributed by atoms with E-state index in [4.69, 9.17) is 4.98 Å². The van der Waals surface area contributed by atoms with E-state index in [1.165, 1.54) is 11.1 Å². The van der Waals surface area contributed by atoms with Gasteiger partial charge in [-0.1, -0.05) is 97.1 Å². The van der Waals surface area contributed by atoms with Crippen LogP contribution in [0.25, 0.3) is 28.1 Å². The molecule has 1 aliphatic rings. The van der Waals surface area contributed by atoms with Gasteiger partial charge in [-0.2, -0.15) is 0 Å². The summed E-state index contributed by atoms with van der Waals surface area (Å²) < 4.78 is 0. The molecule has 3 nitrogen and oxygen atoms in total. The predicted molar refractivity (Wildman–Crippen MR) is 126 cm³/mol. The maximum Gasteiger partial charge on any atom is 0.163 e. The first kappa shape index (κ1) is 19.1. The molecule has 0 radical (unpaired) electrons. The zero-order valence-electron chi connectivity index (χ0n) is 17.4. The largest absolute Gasteiger partial charge is 0.213 e. The number of allylic oxidation sites excluding steroid dienone is 4. The molecule has 0 bridgehead atoms. The lowest BCUT2D eigenvalue weighted by molar-refractivity contribution is 0.852. The molecule has 1 aromatic heterocycles. The third-order valence-electron chi connectivity index (χ3n) is 5.53. The SMILES string of the molecule is Cc1nc(C2=CC(c3ccccc3)CC=C2)nc(-c2cccc(-c3ccccc3)c2)n1. The second-order valence-electron chi connectivity index (χ2n) is 7.75. The summed E-state index contributed by atoms with van der Waals surface area (Å²) in [4.78, 5) is 14.1. The molecule has 1 unspecified atom stereocenters. The van der Waals surface area contributed by atoms with Crippen molar-refractivity contribution in [1.29, 1.82) is 0 Å². The molecular weight excluding hydrogens is 378 g/mol. The van der Waals surface area contributed by atoms with Gasteiger partial charge in [0.05, 0.1) is 0 Å². The first-order chi connectivity index (χ1) is 15.3. The molecule has 1 heterocycles. The quantitative estimate of drug-likeness (QED) is 0.385. The summed E-state index contributed by atoms with van der Waals surface area (Å²) >= 11 is 0. The van der Waals surface area contributed by atoms with Crippen molar-refractivity contribution in [2.75, 3.05) is 0 Å². The van der Waals surface area contributed by atoms with Gasteiger partial charge in [-0.3, -0.25) is 0 Å². The normalized spacial score (nSPS) is 15.5. The third kappa shape index (κ3) is 4.22. The first-order valence-corrected chi connectivity index (χ1v) is 10.6. The van der Waals surface area contributed by atoms with Crippen molar-refractivity contribution in [3.8, 4) is 22.5 Å². The van der Waals surface area contributed by atoms with Crippen molar-refractivity contribution in [2.45, 2.75) is 19.3 Å². The molecule has 0 fully saturated rings. The predicted octanol–water partition coefficient (Wildman–Crippen LogP) is 6.64. The van der Waals surface area contributed by atoms with Gasteiger partial charge in [0.1, 0.15) is 5.82 Å². The molecule has 0 aliphatic heterocycles. The lowest BCUT2D eigenvalue weighted by atomic mass is 9.89. The van der Waals surface area contributed by atoms with E-state index >= 15 is 0 Å². The minimum Gasteiger partial charge on any atom is -0.213 e. The number of hydrogen-bond acceptors (Lipinski definition) is 3. The molecule has 0 amide bonds. The van der Waals surface area contributed by atoms with Gasteiger partial charge >= 0.3 is 0 Å². The number of rotatable bonds is 4. The third-order valence-corrected chi connectivity index (χ3v) is 5.53. The minimum atomic E-state index is 0.336. The lowest BCUT2D eigenvalue weighted by Crippen LogP contribution is -2.05. The van der Waals surface area contributed by atoms with Crippen LogP contribution in [0.3, 0.4) is 0 Å². The standard InChI is InChI=1S/C28H23N3/c1-20-29-27(25-16-8-14-23(18-25)21-10-4-2-5-11-21)31-28(30-20)26-17-9-15-24(19-26)22-12-6-3-7-13-22/h2-14,16-19,24H,15H2,1H3. The van der Waals surface area contributed by atoms with E-state index in [0.717, 1.165) is 34.8 Å². The highest BCUT2D eigenvalue weighted by molar-refractivity contribution is 5.74. The van der Waals surface area contributed by atoms with Gasteiger partial charge in [-0.25, -0.2) is 15.0 Å². The Morgan fingerprint density at radius 2 is 1.35 bits per heavy atom. The Morgan fingerprint density at radius 1 is 0.677 bits per heavy atom. The fraction of sp³-hybridized carbons (Fsp3) is 0.107. The van der Waals surface area contributed by atoms with Crippen LogP contribution in [0.2, 0.25) is 0 Å². The van der Waals surface area contributed by atoms with Crippen LogP contribution in [-0.2, 0) is 0 Å². The van der Waals surface area contributed by atoms with E-state index < -0.39 is 0 Å². The summed E-state index contributed by atoms with van der Waals surface area (Å²) in [7, 11) is 0. The summed E-state index contributed by atoms with van der Waals surface area (Å²) in [5, 5.41) is 0. The molecule has 4 aromatic rings. The molecule has 1 atom stereocenters. The molecule has 31 heavy (non-hydrogen) atoms. The van der Waals surface area contributed by atoms with Crippen LogP contribution < -0.4 is 0 Å². The van der Waals surface area contributed by atoms with Crippen LogP contribution in [0.1, 0.15) is 29.6 Å². The van der Waals surface area contributed by atoms with Crippen molar-refractivity contribution >= 4 is 5.57 Å². The highest BCUT2D eigenvalue weighted by Crippen LogP contribution is 2.31. The Morgan fingerprint density at radius 3 is 2.16 bits per heavy atom. The second kappa shape index (κ2) is 8.49. The number of aromatic nitrogens is 3. The molecular formula is C28H23N3. The monoisotopic (exact) mass is 401 g/mol. The van der Waals surface area contributed by atoms with Crippen molar-refractivity contribution in [1.82, 2.24) is 15.0 Å². The molecule has 1 aliphatic carbocycles. The van der Waals surface area contributed by atoms with E-state index in [2.05, 4.69) is 107 Å². The average Bonchev–Trinajstić information content (AvgIpc) is 2.85. The van der Waals surface area contributed by atoms with Gasteiger partial charge in [0, 0.05) is 17.1 Å². The average molecular weight is 402 g/mol. The molecule has 3 heteroatoms. The van der Waals surface area contributed by atoms with Crippen LogP contribution >= 0.6 is 0 Å². The zero-order chi connectivity index (χ0) is 21.0. The molecule has 150 valence electrons. The van der Waals surface area contributed by atoms with Crippen LogP contribution in [0.4, 0.5) is 0 Å². The van der Waals surface area contributed by atoms with Crippen molar-refractivity contribution in [3.05, 3.63) is 120 Å². The van der Waals surface area contributed by atoms with E-state index in [9.17, 15) is 0 Å². The number of nitrogens with zero attached hydrogens (tertiary/aromatic N) is 3. The molecule has 0 saturated heterocycles. The molecule has 0 spiro atoms. The summed E-state index contributed by atoms with van der Waals surface area (Å²) in [6.45, 7) is 1.93. The van der Waals surface area contributed by atoms with Crippen molar-refractivity contribution in [3.63, 3.8) is 0 Å². The van der Waals surface area contributed by atoms with Crippen LogP contribution in [0, 0.1) is 6.92 Å². The Kier molecular flexibility index (Phi) is 5.24. The Bertz CT molecular complexity index is 1260. The summed E-state index contributed by atoms with van der Waals surface area (Å²) in [6, 6.07) is 29.3. The topological polar surface area (TPSA) is 38.7 Å². The second-order valence-corrected chi connectivity index (χ2v) is 7.75. The highest BCUT2D eigenvalue weighted by Gasteiger charge is 2.16. The Labute approximate surface area is 182 Å². The van der Waals surface area contributed by atoms with Crippen LogP contribution in [0.5, 0.6) is 0 Å². The number of aryl methyl sites for hydroxylation is 1. The van der Waals surface area contributed by atoms with E-state index in [-0.39, 0.29) is 0 Å². The van der Waals surface area contributed by atoms with Gasteiger partial charge in [0.2, 0.25) is 0 Å². The van der Waals surface area contributed by atoms with Gasteiger partial charge in [-0.15, -0.1) is 0 Å². The van der Waals surface area contributed by atoms with Crippen molar-refractivity contribution < 1.29 is 0 Å². The first-order valence-electron chi connectivity index (χ1n) is 10.6. The van der Waals surface area contributed by atoms with Gasteiger partial charge in [-0.05, 0) is 36.1 Å². The number of benzene rings is 3.